The van der Waals surface area contributed by atoms with Crippen molar-refractivity contribution in [1.29, 1.82) is 0 Å². The standard InChI is InChI=1S/C13H17BrF3N/c1-18(10-6-2-5-9-14)12-8-4-3-7-11(12)13(15,16)17/h3-4,7-8H,2,5-6,9-10H2,1H3. The highest BCUT2D eigenvalue weighted by molar-refractivity contribution is 9.09. The van der Waals surface area contributed by atoms with Crippen LogP contribution in [0.1, 0.15) is 24.8 Å². The topological polar surface area (TPSA) is 3.24 Å². The summed E-state index contributed by atoms with van der Waals surface area (Å²) in [7, 11) is 1.71. The van der Waals surface area contributed by atoms with Crippen LogP contribution < -0.4 is 4.90 Å². The zero-order valence-corrected chi connectivity index (χ0v) is 11.9. The smallest absolute Gasteiger partial charge is 0.374 e. The molecule has 0 atom stereocenters. The van der Waals surface area contributed by atoms with Gasteiger partial charge in [-0.3, -0.25) is 0 Å². The summed E-state index contributed by atoms with van der Waals surface area (Å²) in [5, 5.41) is 0.940. The zero-order valence-electron chi connectivity index (χ0n) is 10.3. The van der Waals surface area contributed by atoms with Gasteiger partial charge in [-0.05, 0) is 25.0 Å². The van der Waals surface area contributed by atoms with E-state index >= 15 is 0 Å². The van der Waals surface area contributed by atoms with Crippen molar-refractivity contribution in [3.63, 3.8) is 0 Å². The second-order valence-corrected chi connectivity index (χ2v) is 4.98. The van der Waals surface area contributed by atoms with Crippen molar-refractivity contribution >= 4 is 21.6 Å². The van der Waals surface area contributed by atoms with Crippen LogP contribution in [0.2, 0.25) is 0 Å². The van der Waals surface area contributed by atoms with Crippen LogP contribution in [0.15, 0.2) is 24.3 Å². The normalized spacial score (nSPS) is 11.6. The molecule has 0 spiro atoms. The Morgan fingerprint density at radius 1 is 1.11 bits per heavy atom. The van der Waals surface area contributed by atoms with Crippen molar-refractivity contribution in [3.8, 4) is 0 Å². The highest BCUT2D eigenvalue weighted by Crippen LogP contribution is 2.36. The third kappa shape index (κ3) is 4.52. The number of unbranched alkanes of at least 4 members (excludes halogenated alkanes) is 2. The van der Waals surface area contributed by atoms with Crippen molar-refractivity contribution < 1.29 is 13.2 Å². The van der Waals surface area contributed by atoms with Crippen molar-refractivity contribution in [2.45, 2.75) is 25.4 Å². The van der Waals surface area contributed by atoms with Gasteiger partial charge in [0.25, 0.3) is 0 Å². The maximum atomic E-state index is 12.8. The molecule has 0 unspecified atom stereocenters. The molecule has 0 radical (unpaired) electrons. The number of rotatable bonds is 6. The monoisotopic (exact) mass is 323 g/mol. The Balaban J connectivity index is 2.70. The van der Waals surface area contributed by atoms with Gasteiger partial charge in [-0.2, -0.15) is 13.2 Å². The second-order valence-electron chi connectivity index (χ2n) is 4.19. The molecule has 102 valence electrons. The van der Waals surface area contributed by atoms with E-state index in [1.807, 2.05) is 0 Å². The maximum absolute atomic E-state index is 12.8. The molecule has 0 saturated heterocycles. The molecule has 0 heterocycles. The molecule has 0 aromatic heterocycles. The largest absolute Gasteiger partial charge is 0.418 e. The van der Waals surface area contributed by atoms with Crippen LogP contribution in [-0.4, -0.2) is 18.9 Å². The predicted octanol–water partition coefficient (Wildman–Crippen LogP) is 4.71. The van der Waals surface area contributed by atoms with Crippen molar-refractivity contribution in [1.82, 2.24) is 0 Å². The number of hydrogen-bond donors (Lipinski definition) is 0. The molecule has 18 heavy (non-hydrogen) atoms. The summed E-state index contributed by atoms with van der Waals surface area (Å²) < 4.78 is 38.5. The molecule has 0 aliphatic carbocycles. The maximum Gasteiger partial charge on any atom is 0.418 e. The van der Waals surface area contributed by atoms with Gasteiger partial charge in [0, 0.05) is 24.6 Å². The highest BCUT2D eigenvalue weighted by Gasteiger charge is 2.33. The lowest BCUT2D eigenvalue weighted by Crippen LogP contribution is -2.22. The van der Waals surface area contributed by atoms with Crippen molar-refractivity contribution in [2.24, 2.45) is 0 Å². The van der Waals surface area contributed by atoms with Crippen molar-refractivity contribution in [3.05, 3.63) is 29.8 Å². The number of para-hydroxylation sites is 1. The summed E-state index contributed by atoms with van der Waals surface area (Å²) in [6.45, 7) is 0.639. The van der Waals surface area contributed by atoms with E-state index in [2.05, 4.69) is 15.9 Å². The first kappa shape index (κ1) is 15.3. The van der Waals surface area contributed by atoms with Gasteiger partial charge in [0.1, 0.15) is 0 Å². The quantitative estimate of drug-likeness (QED) is 0.541. The molecular weight excluding hydrogens is 307 g/mol. The summed E-state index contributed by atoms with van der Waals surface area (Å²) in [5.41, 5.74) is -0.308. The van der Waals surface area contributed by atoms with Crippen LogP contribution in [0.5, 0.6) is 0 Å². The van der Waals surface area contributed by atoms with Gasteiger partial charge >= 0.3 is 6.18 Å². The van der Waals surface area contributed by atoms with E-state index in [1.54, 1.807) is 18.0 Å². The van der Waals surface area contributed by atoms with E-state index in [4.69, 9.17) is 0 Å². The zero-order chi connectivity index (χ0) is 13.6. The predicted molar refractivity (Wildman–Crippen MR) is 72.4 cm³/mol. The lowest BCUT2D eigenvalue weighted by atomic mass is 10.1. The molecule has 1 nitrogen and oxygen atoms in total. The molecule has 1 aromatic carbocycles. The fourth-order valence-electron chi connectivity index (χ4n) is 1.79. The second kappa shape index (κ2) is 7.02. The Bertz CT molecular complexity index is 365. The first-order valence-corrected chi connectivity index (χ1v) is 7.02. The Hall–Kier alpha value is -0.710. The van der Waals surface area contributed by atoms with E-state index in [1.165, 1.54) is 12.1 Å². The Kier molecular flexibility index (Phi) is 5.99. The van der Waals surface area contributed by atoms with Gasteiger partial charge in [-0.25, -0.2) is 0 Å². The molecule has 1 rings (SSSR count). The van der Waals surface area contributed by atoms with Crippen LogP contribution in [0.25, 0.3) is 0 Å². The van der Waals surface area contributed by atoms with E-state index in [9.17, 15) is 13.2 Å². The molecular formula is C13H17BrF3N. The number of hydrogen-bond acceptors (Lipinski definition) is 1. The van der Waals surface area contributed by atoms with Gasteiger partial charge in [0.2, 0.25) is 0 Å². The average Bonchev–Trinajstić information content (AvgIpc) is 2.33. The minimum absolute atomic E-state index is 0.254. The van der Waals surface area contributed by atoms with Gasteiger partial charge in [0.15, 0.2) is 0 Å². The number of nitrogens with zero attached hydrogens (tertiary/aromatic N) is 1. The molecule has 0 fully saturated rings. The first-order valence-electron chi connectivity index (χ1n) is 5.90. The fraction of sp³-hybridized carbons (Fsp3) is 0.538. The van der Waals surface area contributed by atoms with Crippen LogP contribution in [-0.2, 0) is 6.18 Å². The van der Waals surface area contributed by atoms with Crippen LogP contribution in [0, 0.1) is 0 Å². The van der Waals surface area contributed by atoms with Gasteiger partial charge in [0.05, 0.1) is 5.56 Å². The molecule has 0 bridgehead atoms. The van der Waals surface area contributed by atoms with Crippen LogP contribution >= 0.6 is 15.9 Å². The summed E-state index contributed by atoms with van der Waals surface area (Å²) in [6.07, 6.45) is -1.33. The third-order valence-corrected chi connectivity index (χ3v) is 3.31. The Labute approximate surface area is 114 Å². The molecule has 1 aromatic rings. The Morgan fingerprint density at radius 2 is 1.78 bits per heavy atom. The van der Waals surface area contributed by atoms with Gasteiger partial charge in [-0.1, -0.05) is 34.5 Å². The summed E-state index contributed by atoms with van der Waals surface area (Å²) in [4.78, 5) is 1.68. The molecule has 0 saturated carbocycles. The molecule has 0 aliphatic rings. The lowest BCUT2D eigenvalue weighted by molar-refractivity contribution is -0.137. The SMILES string of the molecule is CN(CCCCCBr)c1ccccc1C(F)(F)F. The average molecular weight is 324 g/mol. The summed E-state index contributed by atoms with van der Waals surface area (Å²) in [6, 6.07) is 5.71. The highest BCUT2D eigenvalue weighted by atomic mass is 79.9. The fourth-order valence-corrected chi connectivity index (χ4v) is 2.18. The number of alkyl halides is 4. The molecule has 0 N–H and O–H groups in total. The van der Waals surface area contributed by atoms with E-state index in [0.29, 0.717) is 6.54 Å². The summed E-state index contributed by atoms with van der Waals surface area (Å²) in [5.74, 6) is 0. The summed E-state index contributed by atoms with van der Waals surface area (Å²) >= 11 is 3.34. The molecule has 0 aliphatic heterocycles. The number of anilines is 1. The van der Waals surface area contributed by atoms with E-state index in [0.717, 1.165) is 30.7 Å². The number of halogens is 4. The third-order valence-electron chi connectivity index (χ3n) is 2.75. The van der Waals surface area contributed by atoms with E-state index < -0.39 is 11.7 Å². The van der Waals surface area contributed by atoms with Crippen LogP contribution in [0.4, 0.5) is 18.9 Å². The van der Waals surface area contributed by atoms with Gasteiger partial charge in [-0.15, -0.1) is 0 Å². The first-order chi connectivity index (χ1) is 8.46. The van der Waals surface area contributed by atoms with Crippen molar-refractivity contribution in [2.75, 3.05) is 23.8 Å². The van der Waals surface area contributed by atoms with Crippen LogP contribution in [0.3, 0.4) is 0 Å². The lowest BCUT2D eigenvalue weighted by Gasteiger charge is -2.23. The molecule has 5 heteroatoms. The minimum atomic E-state index is -4.29. The molecule has 0 amide bonds. The Morgan fingerprint density at radius 3 is 2.39 bits per heavy atom. The van der Waals surface area contributed by atoms with E-state index in [-0.39, 0.29) is 5.69 Å². The van der Waals surface area contributed by atoms with Gasteiger partial charge < -0.3 is 4.90 Å². The minimum Gasteiger partial charge on any atom is -0.374 e. The number of benzene rings is 1.